The van der Waals surface area contributed by atoms with Crippen LogP contribution in [0.5, 0.6) is 0 Å². The van der Waals surface area contributed by atoms with Crippen molar-refractivity contribution in [2.45, 2.75) is 18.0 Å². The molecule has 2 aliphatic heterocycles. The van der Waals surface area contributed by atoms with Gasteiger partial charge in [0, 0.05) is 23.7 Å². The molecule has 118 valence electrons. The van der Waals surface area contributed by atoms with Gasteiger partial charge in [-0.2, -0.15) is 0 Å². The number of nitrogens with zero attached hydrogens (tertiary/aromatic N) is 2. The number of nitrogens with one attached hydrogen (secondary N) is 1. The minimum atomic E-state index is -1.00. The number of carbonyl (C=O) groups is 1. The zero-order valence-electron chi connectivity index (χ0n) is 11.5. The van der Waals surface area contributed by atoms with E-state index in [9.17, 15) is 20.0 Å². The van der Waals surface area contributed by atoms with Crippen molar-refractivity contribution < 1.29 is 19.6 Å². The number of hydrogen-bond donors (Lipinski definition) is 2. The molecule has 9 heteroatoms. The molecule has 2 saturated heterocycles. The SMILES string of the molecule is O=C(O)N1CC(Nc2ccc(Cl)cc2[N+](=O)[O-])CC12COC2. The molecule has 2 fully saturated rings. The quantitative estimate of drug-likeness (QED) is 0.651. The minimum absolute atomic E-state index is 0.125. The summed E-state index contributed by atoms with van der Waals surface area (Å²) in [5.74, 6) is 0. The van der Waals surface area contributed by atoms with E-state index in [-0.39, 0.29) is 23.3 Å². The maximum absolute atomic E-state index is 11.3. The van der Waals surface area contributed by atoms with E-state index in [1.165, 1.54) is 17.0 Å². The van der Waals surface area contributed by atoms with Gasteiger partial charge in [-0.05, 0) is 18.6 Å². The number of rotatable bonds is 3. The highest BCUT2D eigenvalue weighted by molar-refractivity contribution is 6.30. The van der Waals surface area contributed by atoms with E-state index in [4.69, 9.17) is 16.3 Å². The Kier molecular flexibility index (Phi) is 3.57. The molecule has 1 amide bonds. The molecule has 0 bridgehead atoms. The van der Waals surface area contributed by atoms with Gasteiger partial charge in [0.15, 0.2) is 0 Å². The van der Waals surface area contributed by atoms with Gasteiger partial charge in [-0.15, -0.1) is 0 Å². The molecule has 0 saturated carbocycles. The first-order valence-electron chi connectivity index (χ1n) is 6.70. The van der Waals surface area contributed by atoms with Crippen LogP contribution in [0.4, 0.5) is 16.2 Å². The highest BCUT2D eigenvalue weighted by Crippen LogP contribution is 2.38. The molecule has 1 aromatic rings. The van der Waals surface area contributed by atoms with Crippen molar-refractivity contribution >= 4 is 29.1 Å². The van der Waals surface area contributed by atoms with Gasteiger partial charge in [-0.1, -0.05) is 11.6 Å². The normalized spacial score (nSPS) is 22.4. The van der Waals surface area contributed by atoms with Crippen LogP contribution >= 0.6 is 11.6 Å². The Morgan fingerprint density at radius 3 is 2.77 bits per heavy atom. The van der Waals surface area contributed by atoms with E-state index < -0.39 is 16.6 Å². The lowest BCUT2D eigenvalue weighted by Crippen LogP contribution is -2.60. The molecule has 0 aliphatic carbocycles. The lowest BCUT2D eigenvalue weighted by Gasteiger charge is -2.43. The van der Waals surface area contributed by atoms with Gasteiger partial charge >= 0.3 is 6.09 Å². The third-order valence-corrected chi connectivity index (χ3v) is 4.33. The number of halogens is 1. The second kappa shape index (κ2) is 5.29. The van der Waals surface area contributed by atoms with Gasteiger partial charge in [0.25, 0.3) is 5.69 Å². The monoisotopic (exact) mass is 327 g/mol. The van der Waals surface area contributed by atoms with Crippen LogP contribution in [0.25, 0.3) is 0 Å². The van der Waals surface area contributed by atoms with Gasteiger partial charge in [0.05, 0.1) is 23.7 Å². The van der Waals surface area contributed by atoms with Crippen molar-refractivity contribution in [1.82, 2.24) is 4.90 Å². The summed E-state index contributed by atoms with van der Waals surface area (Å²) in [7, 11) is 0. The van der Waals surface area contributed by atoms with E-state index in [1.807, 2.05) is 0 Å². The van der Waals surface area contributed by atoms with Crippen molar-refractivity contribution in [3.8, 4) is 0 Å². The molecule has 8 nitrogen and oxygen atoms in total. The number of amides is 1. The molecular formula is C13H14ClN3O5. The first-order valence-corrected chi connectivity index (χ1v) is 7.08. The number of hydrogen-bond acceptors (Lipinski definition) is 5. The van der Waals surface area contributed by atoms with Crippen LogP contribution in [-0.4, -0.2) is 52.4 Å². The summed E-state index contributed by atoms with van der Waals surface area (Å²) in [4.78, 5) is 23.3. The zero-order valence-corrected chi connectivity index (χ0v) is 12.2. The number of likely N-dealkylation sites (tertiary alicyclic amines) is 1. The number of nitro benzene ring substituents is 1. The van der Waals surface area contributed by atoms with Crippen molar-refractivity contribution in [3.63, 3.8) is 0 Å². The molecular weight excluding hydrogens is 314 g/mol. The molecule has 1 atom stereocenters. The van der Waals surface area contributed by atoms with E-state index in [0.717, 1.165) is 0 Å². The maximum Gasteiger partial charge on any atom is 0.407 e. The third kappa shape index (κ3) is 2.44. The van der Waals surface area contributed by atoms with Gasteiger partial charge in [0.2, 0.25) is 0 Å². The number of ether oxygens (including phenoxy) is 1. The Labute approximate surface area is 130 Å². The first kappa shape index (κ1) is 14.9. The van der Waals surface area contributed by atoms with E-state index in [1.54, 1.807) is 6.07 Å². The second-order valence-electron chi connectivity index (χ2n) is 5.57. The zero-order chi connectivity index (χ0) is 15.9. The average Bonchev–Trinajstić information content (AvgIpc) is 2.80. The highest BCUT2D eigenvalue weighted by atomic mass is 35.5. The number of benzene rings is 1. The molecule has 0 radical (unpaired) electrons. The highest BCUT2D eigenvalue weighted by Gasteiger charge is 2.53. The molecule has 2 N–H and O–H groups in total. The average molecular weight is 328 g/mol. The molecule has 2 aliphatic rings. The van der Waals surface area contributed by atoms with Gasteiger partial charge in [-0.25, -0.2) is 4.79 Å². The Morgan fingerprint density at radius 2 is 2.27 bits per heavy atom. The summed E-state index contributed by atoms with van der Waals surface area (Å²) >= 11 is 5.78. The second-order valence-corrected chi connectivity index (χ2v) is 6.01. The summed E-state index contributed by atoms with van der Waals surface area (Å²) in [6, 6.07) is 4.16. The lowest BCUT2D eigenvalue weighted by molar-refractivity contribution is -0.384. The van der Waals surface area contributed by atoms with Crippen molar-refractivity contribution in [2.24, 2.45) is 0 Å². The van der Waals surface area contributed by atoms with Crippen LogP contribution in [0.2, 0.25) is 5.02 Å². The summed E-state index contributed by atoms with van der Waals surface area (Å²) < 4.78 is 5.16. The molecule has 22 heavy (non-hydrogen) atoms. The molecule has 2 heterocycles. The predicted octanol–water partition coefficient (Wildman–Crippen LogP) is 2.18. The lowest BCUT2D eigenvalue weighted by atomic mass is 9.93. The van der Waals surface area contributed by atoms with Gasteiger partial charge in [0.1, 0.15) is 5.69 Å². The Balaban J connectivity index is 1.80. The Morgan fingerprint density at radius 1 is 1.55 bits per heavy atom. The van der Waals surface area contributed by atoms with Crippen LogP contribution in [-0.2, 0) is 4.74 Å². The first-order chi connectivity index (χ1) is 10.4. The fraction of sp³-hybridized carbons (Fsp3) is 0.462. The predicted molar refractivity (Wildman–Crippen MR) is 78.4 cm³/mol. The van der Waals surface area contributed by atoms with E-state index in [2.05, 4.69) is 5.32 Å². The van der Waals surface area contributed by atoms with Gasteiger partial charge in [-0.3, -0.25) is 15.0 Å². The van der Waals surface area contributed by atoms with E-state index in [0.29, 0.717) is 25.3 Å². The van der Waals surface area contributed by atoms with Crippen molar-refractivity contribution in [2.75, 3.05) is 25.1 Å². The summed E-state index contributed by atoms with van der Waals surface area (Å²) in [5, 5.41) is 23.7. The van der Waals surface area contributed by atoms with E-state index >= 15 is 0 Å². The minimum Gasteiger partial charge on any atom is -0.465 e. The Bertz CT molecular complexity index is 634. The van der Waals surface area contributed by atoms with Crippen LogP contribution in [0.1, 0.15) is 6.42 Å². The largest absolute Gasteiger partial charge is 0.465 e. The van der Waals surface area contributed by atoms with Crippen LogP contribution in [0, 0.1) is 10.1 Å². The van der Waals surface area contributed by atoms with Crippen LogP contribution in [0.15, 0.2) is 18.2 Å². The van der Waals surface area contributed by atoms with Crippen molar-refractivity contribution in [1.29, 1.82) is 0 Å². The fourth-order valence-corrected chi connectivity index (χ4v) is 3.20. The van der Waals surface area contributed by atoms with Crippen LogP contribution in [0.3, 0.4) is 0 Å². The van der Waals surface area contributed by atoms with Crippen LogP contribution < -0.4 is 5.32 Å². The summed E-state index contributed by atoms with van der Waals surface area (Å²) in [6.07, 6.45) is -0.447. The fourth-order valence-electron chi connectivity index (χ4n) is 3.03. The number of nitro groups is 1. The number of carboxylic acid groups (broad SMARTS) is 1. The third-order valence-electron chi connectivity index (χ3n) is 4.09. The standard InChI is InChI=1S/C13H14ClN3O5/c14-8-1-2-10(11(3-8)17(20)21)15-9-4-13(6-22-7-13)16(5-9)12(18)19/h1-3,9,15H,4-7H2,(H,18,19). The summed E-state index contributed by atoms with van der Waals surface area (Å²) in [5.41, 5.74) is -0.299. The topological polar surface area (TPSA) is 105 Å². The molecule has 3 rings (SSSR count). The molecule has 1 spiro atoms. The van der Waals surface area contributed by atoms with Crippen molar-refractivity contribution in [3.05, 3.63) is 33.3 Å². The molecule has 1 aromatic carbocycles. The van der Waals surface area contributed by atoms with Gasteiger partial charge < -0.3 is 15.2 Å². The number of anilines is 1. The summed E-state index contributed by atoms with van der Waals surface area (Å²) in [6.45, 7) is 0.985. The smallest absolute Gasteiger partial charge is 0.407 e. The maximum atomic E-state index is 11.3. The molecule has 1 unspecified atom stereocenters. The Hall–Kier alpha value is -2.06. The molecule has 0 aromatic heterocycles.